The largest absolute Gasteiger partial charge is 0.378 e. The van der Waals surface area contributed by atoms with E-state index in [1.807, 2.05) is 16.9 Å². The summed E-state index contributed by atoms with van der Waals surface area (Å²) in [5.74, 6) is 0.232. The molecule has 0 spiro atoms. The second-order valence-electron chi connectivity index (χ2n) is 5.29. The highest BCUT2D eigenvalue weighted by atomic mass is 16.5. The van der Waals surface area contributed by atoms with Crippen LogP contribution in [0.1, 0.15) is 51.3 Å². The van der Waals surface area contributed by atoms with E-state index in [0.717, 1.165) is 25.1 Å². The van der Waals surface area contributed by atoms with Gasteiger partial charge >= 0.3 is 0 Å². The maximum atomic E-state index is 11.9. The predicted molar refractivity (Wildman–Crippen MR) is 69.5 cm³/mol. The van der Waals surface area contributed by atoms with Gasteiger partial charge in [0.2, 0.25) is 0 Å². The molecule has 1 fully saturated rings. The molecule has 0 radical (unpaired) electrons. The lowest BCUT2D eigenvalue weighted by Crippen LogP contribution is -2.23. The standard InChI is InChI=1S/C14H22N2O2/c1-11(2)16-7-6-12(15-16)9-13(17)10-14-5-3-4-8-18-14/h6-7,11,14H,3-5,8-10H2,1-2H3. The Morgan fingerprint density at radius 3 is 3.00 bits per heavy atom. The highest BCUT2D eigenvalue weighted by molar-refractivity contribution is 5.80. The lowest BCUT2D eigenvalue weighted by Gasteiger charge is -2.21. The van der Waals surface area contributed by atoms with Crippen LogP contribution < -0.4 is 0 Å². The van der Waals surface area contributed by atoms with E-state index in [9.17, 15) is 4.79 Å². The van der Waals surface area contributed by atoms with E-state index in [4.69, 9.17) is 4.74 Å². The quantitative estimate of drug-likeness (QED) is 0.806. The molecule has 0 amide bonds. The molecule has 0 saturated carbocycles. The van der Waals surface area contributed by atoms with Crippen molar-refractivity contribution >= 4 is 5.78 Å². The molecule has 100 valence electrons. The van der Waals surface area contributed by atoms with E-state index in [2.05, 4.69) is 18.9 Å². The van der Waals surface area contributed by atoms with Crippen LogP contribution in [0.4, 0.5) is 0 Å². The Labute approximate surface area is 108 Å². The minimum Gasteiger partial charge on any atom is -0.378 e. The molecule has 1 atom stereocenters. The third-order valence-electron chi connectivity index (χ3n) is 3.30. The lowest BCUT2D eigenvalue weighted by molar-refractivity contribution is -0.122. The monoisotopic (exact) mass is 250 g/mol. The number of hydrogen-bond acceptors (Lipinski definition) is 3. The fourth-order valence-corrected chi connectivity index (χ4v) is 2.26. The Kier molecular flexibility index (Phi) is 4.53. The number of ketones is 1. The van der Waals surface area contributed by atoms with Crippen molar-refractivity contribution < 1.29 is 9.53 Å². The van der Waals surface area contributed by atoms with Crippen LogP contribution in [0.3, 0.4) is 0 Å². The summed E-state index contributed by atoms with van der Waals surface area (Å²) >= 11 is 0. The fraction of sp³-hybridized carbons (Fsp3) is 0.714. The maximum absolute atomic E-state index is 11.9. The van der Waals surface area contributed by atoms with Gasteiger partial charge in [-0.3, -0.25) is 9.48 Å². The van der Waals surface area contributed by atoms with E-state index in [1.165, 1.54) is 6.42 Å². The van der Waals surface area contributed by atoms with Crippen LogP contribution in [0, 0.1) is 0 Å². The summed E-state index contributed by atoms with van der Waals surface area (Å²) in [5.41, 5.74) is 0.865. The Morgan fingerprint density at radius 2 is 2.39 bits per heavy atom. The zero-order valence-corrected chi connectivity index (χ0v) is 11.3. The summed E-state index contributed by atoms with van der Waals surface area (Å²) in [4.78, 5) is 11.9. The number of hydrogen-bond donors (Lipinski definition) is 0. The molecule has 0 N–H and O–H groups in total. The number of rotatable bonds is 5. The molecule has 1 aromatic heterocycles. The predicted octanol–water partition coefficient (Wildman–Crippen LogP) is 2.53. The molecule has 4 nitrogen and oxygen atoms in total. The van der Waals surface area contributed by atoms with Crippen molar-refractivity contribution in [3.8, 4) is 0 Å². The van der Waals surface area contributed by atoms with Crippen LogP contribution in [0.25, 0.3) is 0 Å². The van der Waals surface area contributed by atoms with Crippen molar-refractivity contribution in [2.24, 2.45) is 0 Å². The minimum absolute atomic E-state index is 0.137. The summed E-state index contributed by atoms with van der Waals surface area (Å²) in [6, 6.07) is 2.27. The number of carbonyl (C=O) groups excluding carboxylic acids is 1. The summed E-state index contributed by atoms with van der Waals surface area (Å²) in [5, 5.41) is 4.40. The average molecular weight is 250 g/mol. The Hall–Kier alpha value is -1.16. The van der Waals surface area contributed by atoms with E-state index < -0.39 is 0 Å². The Balaban J connectivity index is 1.82. The zero-order chi connectivity index (χ0) is 13.0. The van der Waals surface area contributed by atoms with E-state index >= 15 is 0 Å². The molecule has 1 aliphatic heterocycles. The van der Waals surface area contributed by atoms with Crippen molar-refractivity contribution in [2.45, 2.75) is 58.1 Å². The van der Waals surface area contributed by atoms with Gasteiger partial charge in [-0.2, -0.15) is 5.10 Å². The average Bonchev–Trinajstić information content (AvgIpc) is 2.78. The topological polar surface area (TPSA) is 44.1 Å². The third-order valence-corrected chi connectivity index (χ3v) is 3.30. The van der Waals surface area contributed by atoms with Crippen LogP contribution in [0.15, 0.2) is 12.3 Å². The van der Waals surface area contributed by atoms with Gasteiger partial charge in [0.05, 0.1) is 18.2 Å². The van der Waals surface area contributed by atoms with Crippen LogP contribution >= 0.6 is 0 Å². The van der Waals surface area contributed by atoms with E-state index in [-0.39, 0.29) is 11.9 Å². The second-order valence-corrected chi connectivity index (χ2v) is 5.29. The number of carbonyl (C=O) groups is 1. The molecule has 1 saturated heterocycles. The molecule has 1 aliphatic rings. The fourth-order valence-electron chi connectivity index (χ4n) is 2.26. The van der Waals surface area contributed by atoms with E-state index in [1.54, 1.807) is 0 Å². The van der Waals surface area contributed by atoms with Crippen molar-refractivity contribution in [2.75, 3.05) is 6.61 Å². The van der Waals surface area contributed by atoms with Crippen LogP contribution in [-0.2, 0) is 16.0 Å². The van der Waals surface area contributed by atoms with Crippen molar-refractivity contribution in [1.29, 1.82) is 0 Å². The minimum atomic E-state index is 0.137. The summed E-state index contributed by atoms with van der Waals surface area (Å²) in [6.07, 6.45) is 6.37. The van der Waals surface area contributed by atoms with Gasteiger partial charge < -0.3 is 4.74 Å². The van der Waals surface area contributed by atoms with Gasteiger partial charge in [-0.1, -0.05) is 0 Å². The molecule has 1 unspecified atom stereocenters. The number of ether oxygens (including phenoxy) is 1. The first-order valence-corrected chi connectivity index (χ1v) is 6.82. The Bertz CT molecular complexity index is 392. The van der Waals surface area contributed by atoms with Gasteiger partial charge in [0.15, 0.2) is 0 Å². The molecule has 0 aromatic carbocycles. The van der Waals surface area contributed by atoms with Gasteiger partial charge in [0.1, 0.15) is 5.78 Å². The van der Waals surface area contributed by atoms with Crippen LogP contribution in [0.2, 0.25) is 0 Å². The molecular weight excluding hydrogens is 228 g/mol. The highest BCUT2D eigenvalue weighted by Crippen LogP contribution is 2.16. The highest BCUT2D eigenvalue weighted by Gasteiger charge is 2.18. The molecule has 1 aromatic rings. The summed E-state index contributed by atoms with van der Waals surface area (Å²) < 4.78 is 7.47. The second kappa shape index (κ2) is 6.14. The zero-order valence-electron chi connectivity index (χ0n) is 11.3. The molecular formula is C14H22N2O2. The molecule has 4 heteroatoms. The Morgan fingerprint density at radius 1 is 1.56 bits per heavy atom. The first-order chi connectivity index (χ1) is 8.65. The summed E-state index contributed by atoms with van der Waals surface area (Å²) in [7, 11) is 0. The number of Topliss-reactive ketones (excluding diaryl/α,β-unsaturated/α-hetero) is 1. The van der Waals surface area contributed by atoms with Gasteiger partial charge in [0.25, 0.3) is 0 Å². The van der Waals surface area contributed by atoms with Crippen molar-refractivity contribution in [3.63, 3.8) is 0 Å². The number of nitrogens with zero attached hydrogens (tertiary/aromatic N) is 2. The van der Waals surface area contributed by atoms with Gasteiger partial charge in [0, 0.05) is 25.3 Å². The van der Waals surface area contributed by atoms with Crippen LogP contribution in [-0.4, -0.2) is 28.3 Å². The van der Waals surface area contributed by atoms with Crippen molar-refractivity contribution in [1.82, 2.24) is 9.78 Å². The number of aromatic nitrogens is 2. The normalized spacial score (nSPS) is 20.3. The smallest absolute Gasteiger partial charge is 0.141 e. The molecule has 2 heterocycles. The first kappa shape index (κ1) is 13.3. The summed E-state index contributed by atoms with van der Waals surface area (Å²) in [6.45, 7) is 4.96. The van der Waals surface area contributed by atoms with Gasteiger partial charge in [-0.05, 0) is 39.2 Å². The molecule has 0 aliphatic carbocycles. The van der Waals surface area contributed by atoms with Gasteiger partial charge in [-0.15, -0.1) is 0 Å². The SMILES string of the molecule is CC(C)n1ccc(CC(=O)CC2CCCCO2)n1. The lowest BCUT2D eigenvalue weighted by atomic mass is 10.0. The molecule has 0 bridgehead atoms. The van der Waals surface area contributed by atoms with E-state index in [0.29, 0.717) is 18.9 Å². The molecule has 18 heavy (non-hydrogen) atoms. The van der Waals surface area contributed by atoms with Crippen LogP contribution in [0.5, 0.6) is 0 Å². The third kappa shape index (κ3) is 3.67. The van der Waals surface area contributed by atoms with Gasteiger partial charge in [-0.25, -0.2) is 0 Å². The first-order valence-electron chi connectivity index (χ1n) is 6.82. The maximum Gasteiger partial charge on any atom is 0.141 e. The van der Waals surface area contributed by atoms with Crippen molar-refractivity contribution in [3.05, 3.63) is 18.0 Å². The molecule has 2 rings (SSSR count).